The zero-order chi connectivity index (χ0) is 17.9. The van der Waals surface area contributed by atoms with E-state index in [0.717, 1.165) is 11.1 Å². The average Bonchev–Trinajstić information content (AvgIpc) is 2.94. The van der Waals surface area contributed by atoms with Crippen LogP contribution in [0, 0.1) is 11.3 Å². The first-order valence-corrected chi connectivity index (χ1v) is 7.85. The molecule has 0 aliphatic heterocycles. The van der Waals surface area contributed by atoms with Gasteiger partial charge in [-0.15, -0.1) is 0 Å². The summed E-state index contributed by atoms with van der Waals surface area (Å²) in [6, 6.07) is 7.32. The van der Waals surface area contributed by atoms with E-state index in [1.165, 1.54) is 12.0 Å². The van der Waals surface area contributed by atoms with Crippen LogP contribution >= 0.6 is 0 Å². The molecule has 1 aromatic carbocycles. The van der Waals surface area contributed by atoms with E-state index in [-0.39, 0.29) is 12.6 Å². The number of benzene rings is 1. The molecule has 24 heavy (non-hydrogen) atoms. The van der Waals surface area contributed by atoms with Crippen molar-refractivity contribution >= 4 is 12.1 Å². The summed E-state index contributed by atoms with van der Waals surface area (Å²) in [6.45, 7) is 5.14. The van der Waals surface area contributed by atoms with Crippen molar-refractivity contribution in [2.75, 3.05) is 13.7 Å². The van der Waals surface area contributed by atoms with E-state index in [1.54, 1.807) is 32.9 Å². The highest BCUT2D eigenvalue weighted by molar-refractivity contribution is 5.78. The predicted molar refractivity (Wildman–Crippen MR) is 87.2 cm³/mol. The monoisotopic (exact) mass is 330 g/mol. The maximum Gasteiger partial charge on any atom is 0.411 e. The lowest BCUT2D eigenvalue weighted by atomic mass is 10.0. The maximum atomic E-state index is 12.6. The minimum atomic E-state index is -0.665. The summed E-state index contributed by atoms with van der Waals surface area (Å²) in [5.74, 6) is -0.509. The molecule has 6 nitrogen and oxygen atoms in total. The van der Waals surface area contributed by atoms with Gasteiger partial charge in [0, 0.05) is 0 Å². The fourth-order valence-electron chi connectivity index (χ4n) is 2.89. The van der Waals surface area contributed by atoms with Crippen LogP contribution in [0.15, 0.2) is 18.2 Å². The molecule has 6 heteroatoms. The number of hydrogen-bond donors (Lipinski definition) is 0. The van der Waals surface area contributed by atoms with Crippen molar-refractivity contribution in [2.45, 2.75) is 45.3 Å². The van der Waals surface area contributed by atoms with Gasteiger partial charge in [-0.05, 0) is 50.8 Å². The lowest BCUT2D eigenvalue weighted by molar-refractivity contribution is -0.142. The Kier molecular flexibility index (Phi) is 5.13. The van der Waals surface area contributed by atoms with E-state index in [0.29, 0.717) is 18.4 Å². The van der Waals surface area contributed by atoms with E-state index >= 15 is 0 Å². The molecule has 0 unspecified atom stereocenters. The smallest absolute Gasteiger partial charge is 0.411 e. The molecule has 128 valence electrons. The molecule has 1 aromatic rings. The number of carbonyl (C=O) groups is 2. The SMILES string of the molecule is COC(=O)CN(C(=O)OC(C)(C)C)[C@H]1CCc2c(C#N)cccc21. The first kappa shape index (κ1) is 17.8. The Morgan fingerprint density at radius 2 is 2.08 bits per heavy atom. The quantitative estimate of drug-likeness (QED) is 0.796. The predicted octanol–water partition coefficient (Wildman–Crippen LogP) is 2.96. The summed E-state index contributed by atoms with van der Waals surface area (Å²) in [5, 5.41) is 9.24. The van der Waals surface area contributed by atoms with Gasteiger partial charge in [0.05, 0.1) is 24.8 Å². The second-order valence-corrected chi connectivity index (χ2v) is 6.72. The summed E-state index contributed by atoms with van der Waals surface area (Å²) < 4.78 is 10.2. The highest BCUT2D eigenvalue weighted by Gasteiger charge is 2.35. The molecule has 0 aromatic heterocycles. The van der Waals surface area contributed by atoms with Gasteiger partial charge in [0.25, 0.3) is 0 Å². The van der Waals surface area contributed by atoms with Crippen molar-refractivity contribution in [3.8, 4) is 6.07 Å². The van der Waals surface area contributed by atoms with Crippen molar-refractivity contribution in [3.63, 3.8) is 0 Å². The van der Waals surface area contributed by atoms with Crippen LogP contribution in [-0.4, -0.2) is 36.2 Å². The van der Waals surface area contributed by atoms with Crippen molar-refractivity contribution < 1.29 is 19.1 Å². The second-order valence-electron chi connectivity index (χ2n) is 6.72. The van der Waals surface area contributed by atoms with Crippen LogP contribution in [0.3, 0.4) is 0 Å². The fourth-order valence-corrected chi connectivity index (χ4v) is 2.89. The topological polar surface area (TPSA) is 79.6 Å². The molecule has 2 rings (SSSR count). The lowest BCUT2D eigenvalue weighted by Crippen LogP contribution is -2.41. The number of amides is 1. The molecule has 0 saturated carbocycles. The Hall–Kier alpha value is -2.55. The van der Waals surface area contributed by atoms with Gasteiger partial charge in [0.2, 0.25) is 0 Å². The number of fused-ring (bicyclic) bond motifs is 1. The van der Waals surface area contributed by atoms with Crippen LogP contribution in [-0.2, 0) is 20.7 Å². The zero-order valence-corrected chi connectivity index (χ0v) is 14.5. The Morgan fingerprint density at radius 1 is 1.38 bits per heavy atom. The van der Waals surface area contributed by atoms with Gasteiger partial charge in [-0.25, -0.2) is 4.79 Å². The fraction of sp³-hybridized carbons (Fsp3) is 0.500. The van der Waals surface area contributed by atoms with Crippen molar-refractivity contribution in [2.24, 2.45) is 0 Å². The third kappa shape index (κ3) is 3.85. The van der Waals surface area contributed by atoms with Gasteiger partial charge >= 0.3 is 12.1 Å². The molecule has 0 N–H and O–H groups in total. The van der Waals surface area contributed by atoms with Crippen LogP contribution in [0.4, 0.5) is 4.79 Å². The standard InChI is InChI=1S/C18H22N2O4/c1-18(2,3)24-17(22)20(11-16(21)23-4)15-9-8-13-12(10-19)6-5-7-14(13)15/h5-7,15H,8-9,11H2,1-4H3/t15-/m0/s1. The minimum Gasteiger partial charge on any atom is -0.468 e. The van der Waals surface area contributed by atoms with E-state index in [2.05, 4.69) is 6.07 Å². The van der Waals surface area contributed by atoms with E-state index in [9.17, 15) is 14.9 Å². The third-order valence-electron chi connectivity index (χ3n) is 3.89. The molecule has 0 spiro atoms. The van der Waals surface area contributed by atoms with Crippen LogP contribution in [0.2, 0.25) is 0 Å². The first-order chi connectivity index (χ1) is 11.3. The van der Waals surface area contributed by atoms with Gasteiger partial charge in [-0.3, -0.25) is 9.69 Å². The number of esters is 1. The molecule has 1 aliphatic carbocycles. The van der Waals surface area contributed by atoms with Crippen LogP contribution in [0.5, 0.6) is 0 Å². The number of methoxy groups -OCH3 is 1. The minimum absolute atomic E-state index is 0.188. The molecule has 1 amide bonds. The first-order valence-electron chi connectivity index (χ1n) is 7.85. The van der Waals surface area contributed by atoms with Gasteiger partial charge in [-0.2, -0.15) is 5.26 Å². The van der Waals surface area contributed by atoms with Crippen LogP contribution in [0.1, 0.15) is 49.9 Å². The molecule has 0 saturated heterocycles. The Morgan fingerprint density at radius 3 is 2.67 bits per heavy atom. The Bertz CT molecular complexity index is 685. The summed E-state index contributed by atoms with van der Waals surface area (Å²) >= 11 is 0. The van der Waals surface area contributed by atoms with Gasteiger partial charge in [0.15, 0.2) is 0 Å². The largest absolute Gasteiger partial charge is 0.468 e. The molecule has 0 fully saturated rings. The number of nitriles is 1. The van der Waals surface area contributed by atoms with Crippen molar-refractivity contribution in [1.82, 2.24) is 4.90 Å². The van der Waals surface area contributed by atoms with Crippen LogP contribution in [0.25, 0.3) is 0 Å². The zero-order valence-electron chi connectivity index (χ0n) is 14.5. The third-order valence-corrected chi connectivity index (χ3v) is 3.89. The highest BCUT2D eigenvalue weighted by Crippen LogP contribution is 2.38. The molecule has 1 aliphatic rings. The number of ether oxygens (including phenoxy) is 2. The Balaban J connectivity index is 2.35. The number of nitrogens with zero attached hydrogens (tertiary/aromatic N) is 2. The molecular formula is C18H22N2O4. The number of rotatable bonds is 3. The van der Waals surface area contributed by atoms with E-state index in [4.69, 9.17) is 9.47 Å². The summed E-state index contributed by atoms with van der Waals surface area (Å²) in [7, 11) is 1.28. The number of hydrogen-bond acceptors (Lipinski definition) is 5. The maximum absolute atomic E-state index is 12.6. The van der Waals surface area contributed by atoms with Crippen LogP contribution < -0.4 is 0 Å². The van der Waals surface area contributed by atoms with Crippen molar-refractivity contribution in [3.05, 3.63) is 34.9 Å². The molecule has 0 heterocycles. The number of carbonyl (C=O) groups excluding carboxylic acids is 2. The van der Waals surface area contributed by atoms with E-state index in [1.807, 2.05) is 6.07 Å². The van der Waals surface area contributed by atoms with Crippen molar-refractivity contribution in [1.29, 1.82) is 5.26 Å². The lowest BCUT2D eigenvalue weighted by Gasteiger charge is -2.31. The highest BCUT2D eigenvalue weighted by atomic mass is 16.6. The van der Waals surface area contributed by atoms with Gasteiger partial charge < -0.3 is 9.47 Å². The van der Waals surface area contributed by atoms with Gasteiger partial charge in [0.1, 0.15) is 12.1 Å². The molecular weight excluding hydrogens is 308 g/mol. The Labute approximate surface area is 142 Å². The summed E-state index contributed by atoms with van der Waals surface area (Å²) in [5.41, 5.74) is 1.77. The second kappa shape index (κ2) is 6.91. The normalized spacial score (nSPS) is 16.0. The summed E-state index contributed by atoms with van der Waals surface area (Å²) in [4.78, 5) is 25.7. The summed E-state index contributed by atoms with van der Waals surface area (Å²) in [6.07, 6.45) is 0.766. The average molecular weight is 330 g/mol. The molecule has 0 radical (unpaired) electrons. The molecule has 1 atom stereocenters. The van der Waals surface area contributed by atoms with E-state index < -0.39 is 17.7 Å². The molecule has 0 bridgehead atoms. The van der Waals surface area contributed by atoms with Gasteiger partial charge in [-0.1, -0.05) is 12.1 Å².